The fraction of sp³-hybridized carbons (Fsp3) is 0.364. The van der Waals surface area contributed by atoms with E-state index in [9.17, 15) is 9.59 Å². The minimum atomic E-state index is -0.671. The maximum absolute atomic E-state index is 13.1. The molecule has 0 aliphatic heterocycles. The third-order valence-electron chi connectivity index (χ3n) is 4.25. The third kappa shape index (κ3) is 7.22. The Balaban J connectivity index is 2.28. The minimum Gasteiger partial charge on any atom is -0.350 e. The first kappa shape index (κ1) is 23.5. The Kier molecular flexibility index (Phi) is 7.98. The number of hydrogen-bond donors (Lipinski definition) is 1. The van der Waals surface area contributed by atoms with Crippen LogP contribution in [-0.4, -0.2) is 28.3 Å². The van der Waals surface area contributed by atoms with Crippen molar-refractivity contribution >= 4 is 46.6 Å². The molecule has 4 nitrogen and oxygen atoms in total. The maximum atomic E-state index is 13.1. The van der Waals surface area contributed by atoms with E-state index in [-0.39, 0.29) is 24.8 Å². The van der Waals surface area contributed by atoms with Crippen molar-refractivity contribution in [2.45, 2.75) is 52.2 Å². The first-order chi connectivity index (χ1) is 13.5. The minimum absolute atomic E-state index is 0.134. The highest BCUT2D eigenvalue weighted by molar-refractivity contribution is 6.42. The van der Waals surface area contributed by atoms with Gasteiger partial charge in [-0.3, -0.25) is 9.59 Å². The number of nitrogens with zero attached hydrogens (tertiary/aromatic N) is 1. The van der Waals surface area contributed by atoms with Gasteiger partial charge in [-0.05, 0) is 63.1 Å². The number of nitrogens with one attached hydrogen (secondary N) is 1. The topological polar surface area (TPSA) is 49.4 Å². The molecule has 0 heterocycles. The highest BCUT2D eigenvalue weighted by Gasteiger charge is 2.28. The normalized spacial score (nSPS) is 12.4. The van der Waals surface area contributed by atoms with Gasteiger partial charge in [0.2, 0.25) is 11.8 Å². The van der Waals surface area contributed by atoms with Crippen molar-refractivity contribution in [3.05, 3.63) is 68.7 Å². The quantitative estimate of drug-likeness (QED) is 0.623. The van der Waals surface area contributed by atoms with Crippen LogP contribution in [0.4, 0.5) is 0 Å². The van der Waals surface area contributed by atoms with Crippen molar-refractivity contribution in [2.24, 2.45) is 0 Å². The Morgan fingerprint density at radius 2 is 1.69 bits per heavy atom. The molecular weight excluding hydrogens is 431 g/mol. The first-order valence-electron chi connectivity index (χ1n) is 9.26. The molecule has 0 aliphatic rings. The van der Waals surface area contributed by atoms with Gasteiger partial charge in [-0.15, -0.1) is 0 Å². The number of carbonyl (C=O) groups excluding carboxylic acids is 2. The van der Waals surface area contributed by atoms with E-state index in [1.165, 1.54) is 0 Å². The van der Waals surface area contributed by atoms with Gasteiger partial charge in [-0.25, -0.2) is 0 Å². The van der Waals surface area contributed by atoms with Gasteiger partial charge < -0.3 is 10.2 Å². The molecule has 29 heavy (non-hydrogen) atoms. The van der Waals surface area contributed by atoms with E-state index in [1.807, 2.05) is 26.8 Å². The second-order valence-electron chi connectivity index (χ2n) is 7.99. The average molecular weight is 456 g/mol. The molecule has 0 aromatic heterocycles. The Labute approximate surface area is 187 Å². The summed E-state index contributed by atoms with van der Waals surface area (Å²) >= 11 is 18.2. The van der Waals surface area contributed by atoms with Gasteiger partial charge in [-0.2, -0.15) is 0 Å². The zero-order chi connectivity index (χ0) is 21.8. The Morgan fingerprint density at radius 3 is 2.28 bits per heavy atom. The van der Waals surface area contributed by atoms with Gasteiger partial charge in [0.25, 0.3) is 0 Å². The van der Waals surface area contributed by atoms with Crippen LogP contribution in [-0.2, 0) is 22.6 Å². The van der Waals surface area contributed by atoms with Gasteiger partial charge in [0.05, 0.1) is 16.5 Å². The molecule has 7 heteroatoms. The lowest BCUT2D eigenvalue weighted by molar-refractivity contribution is -0.140. The lowest BCUT2D eigenvalue weighted by atomic mass is 10.1. The summed E-state index contributed by atoms with van der Waals surface area (Å²) in [6, 6.07) is 11.6. The van der Waals surface area contributed by atoms with E-state index < -0.39 is 11.6 Å². The Hall–Kier alpha value is -1.75. The third-order valence-corrected chi connectivity index (χ3v) is 5.22. The molecule has 2 amide bonds. The Morgan fingerprint density at radius 1 is 1.00 bits per heavy atom. The van der Waals surface area contributed by atoms with Crippen LogP contribution >= 0.6 is 34.8 Å². The predicted octanol–water partition coefficient (Wildman–Crippen LogP) is 5.52. The molecule has 0 bridgehead atoms. The summed E-state index contributed by atoms with van der Waals surface area (Å²) < 4.78 is 0. The number of carbonyl (C=O) groups is 2. The summed E-state index contributed by atoms with van der Waals surface area (Å²) in [5, 5.41) is 4.33. The van der Waals surface area contributed by atoms with Crippen molar-refractivity contribution < 1.29 is 9.59 Å². The molecule has 156 valence electrons. The van der Waals surface area contributed by atoms with Gasteiger partial charge >= 0.3 is 0 Å². The largest absolute Gasteiger partial charge is 0.350 e. The molecule has 2 aromatic rings. The van der Waals surface area contributed by atoms with Crippen molar-refractivity contribution in [1.29, 1.82) is 0 Å². The molecule has 0 saturated carbocycles. The van der Waals surface area contributed by atoms with Crippen LogP contribution in [0, 0.1) is 0 Å². The summed E-state index contributed by atoms with van der Waals surface area (Å²) in [5.74, 6) is -0.410. The van der Waals surface area contributed by atoms with Crippen LogP contribution in [0.15, 0.2) is 42.5 Å². The van der Waals surface area contributed by atoms with Crippen molar-refractivity contribution in [1.82, 2.24) is 10.2 Å². The van der Waals surface area contributed by atoms with E-state index in [0.29, 0.717) is 15.1 Å². The van der Waals surface area contributed by atoms with Crippen LogP contribution < -0.4 is 5.32 Å². The predicted molar refractivity (Wildman–Crippen MR) is 120 cm³/mol. The van der Waals surface area contributed by atoms with Crippen molar-refractivity contribution in [3.63, 3.8) is 0 Å². The van der Waals surface area contributed by atoms with E-state index in [0.717, 1.165) is 11.1 Å². The fourth-order valence-electron chi connectivity index (χ4n) is 2.81. The van der Waals surface area contributed by atoms with Crippen molar-refractivity contribution in [2.75, 3.05) is 0 Å². The second kappa shape index (κ2) is 9.84. The van der Waals surface area contributed by atoms with Gasteiger partial charge in [0.1, 0.15) is 6.04 Å². The summed E-state index contributed by atoms with van der Waals surface area (Å²) in [6.45, 7) is 7.64. The molecular formula is C22H25Cl3N2O2. The lowest BCUT2D eigenvalue weighted by Gasteiger charge is -2.31. The van der Waals surface area contributed by atoms with E-state index in [2.05, 4.69) is 5.32 Å². The maximum Gasteiger partial charge on any atom is 0.242 e. The summed E-state index contributed by atoms with van der Waals surface area (Å²) in [5.41, 5.74) is 1.16. The zero-order valence-corrected chi connectivity index (χ0v) is 19.2. The average Bonchev–Trinajstić information content (AvgIpc) is 2.60. The van der Waals surface area contributed by atoms with E-state index in [1.54, 1.807) is 48.2 Å². The van der Waals surface area contributed by atoms with Gasteiger partial charge in [0, 0.05) is 17.1 Å². The molecule has 0 fully saturated rings. The zero-order valence-electron chi connectivity index (χ0n) is 16.9. The summed E-state index contributed by atoms with van der Waals surface area (Å²) in [7, 11) is 0. The van der Waals surface area contributed by atoms with Crippen LogP contribution in [0.3, 0.4) is 0 Å². The van der Waals surface area contributed by atoms with Crippen molar-refractivity contribution in [3.8, 4) is 0 Å². The fourth-order valence-corrected chi connectivity index (χ4v) is 3.35. The number of hydrogen-bond acceptors (Lipinski definition) is 2. The van der Waals surface area contributed by atoms with E-state index in [4.69, 9.17) is 34.8 Å². The van der Waals surface area contributed by atoms with E-state index >= 15 is 0 Å². The number of amides is 2. The van der Waals surface area contributed by atoms with Gasteiger partial charge in [0.15, 0.2) is 0 Å². The van der Waals surface area contributed by atoms with Crippen LogP contribution in [0.5, 0.6) is 0 Å². The lowest BCUT2D eigenvalue weighted by Crippen LogP contribution is -2.52. The molecule has 2 aromatic carbocycles. The smallest absolute Gasteiger partial charge is 0.242 e. The molecule has 1 N–H and O–H groups in total. The standard InChI is InChI=1S/C22H25Cl3N2O2/c1-14(21(29)26-22(2,3)4)27(13-16-8-9-18(24)19(25)11-16)20(28)12-15-6-5-7-17(23)10-15/h5-11,14H,12-13H2,1-4H3,(H,26,29)/t14-/m0/s1. The molecule has 1 atom stereocenters. The Bertz CT molecular complexity index is 894. The summed E-state index contributed by atoms with van der Waals surface area (Å²) in [6.07, 6.45) is 0.134. The molecule has 0 unspecified atom stereocenters. The molecule has 0 aliphatic carbocycles. The van der Waals surface area contributed by atoms with Crippen LogP contribution in [0.1, 0.15) is 38.8 Å². The molecule has 2 rings (SSSR count). The summed E-state index contributed by atoms with van der Waals surface area (Å²) in [4.78, 5) is 27.4. The van der Waals surface area contributed by atoms with Crippen LogP contribution in [0.2, 0.25) is 15.1 Å². The number of benzene rings is 2. The number of rotatable bonds is 6. The highest BCUT2D eigenvalue weighted by Crippen LogP contribution is 2.24. The monoisotopic (exact) mass is 454 g/mol. The first-order valence-corrected chi connectivity index (χ1v) is 10.4. The SMILES string of the molecule is C[C@@H](C(=O)NC(C)(C)C)N(Cc1ccc(Cl)c(Cl)c1)C(=O)Cc1cccc(Cl)c1. The van der Waals surface area contributed by atoms with Crippen LogP contribution in [0.25, 0.3) is 0 Å². The molecule has 0 spiro atoms. The van der Waals surface area contributed by atoms with Gasteiger partial charge in [-0.1, -0.05) is 53.0 Å². The number of halogens is 3. The second-order valence-corrected chi connectivity index (χ2v) is 9.24. The molecule has 0 saturated heterocycles. The molecule has 0 radical (unpaired) electrons. The highest BCUT2D eigenvalue weighted by atomic mass is 35.5.